The van der Waals surface area contributed by atoms with Crippen molar-refractivity contribution in [3.8, 4) is 17.2 Å². The number of hydrogen-bond donors (Lipinski definition) is 3. The molecule has 7 heteroatoms. The lowest BCUT2D eigenvalue weighted by Crippen LogP contribution is -2.62. The van der Waals surface area contributed by atoms with E-state index in [2.05, 4.69) is 15.8 Å². The molecule has 4 N–H and O–H groups in total. The van der Waals surface area contributed by atoms with Gasteiger partial charge in [0.2, 0.25) is 5.91 Å². The van der Waals surface area contributed by atoms with E-state index in [1.165, 1.54) is 0 Å². The van der Waals surface area contributed by atoms with Gasteiger partial charge in [0.1, 0.15) is 17.2 Å². The van der Waals surface area contributed by atoms with Gasteiger partial charge in [-0.1, -0.05) is 6.07 Å². The Hall–Kier alpha value is -2.64. The van der Waals surface area contributed by atoms with Gasteiger partial charge in [-0.15, -0.1) is 0 Å². The fraction of sp³-hybridized carbons (Fsp3) is 0.429. The number of carbonyl (C=O) groups is 1. The largest absolute Gasteiger partial charge is 0.497 e. The maximum atomic E-state index is 12.2. The molecular formula is C21H26N4O3. The molecule has 4 unspecified atom stereocenters. The quantitative estimate of drug-likeness (QED) is 0.734. The van der Waals surface area contributed by atoms with Gasteiger partial charge in [-0.05, 0) is 54.9 Å². The van der Waals surface area contributed by atoms with Gasteiger partial charge in [0.25, 0.3) is 0 Å². The van der Waals surface area contributed by atoms with Crippen LogP contribution >= 0.6 is 0 Å². The summed E-state index contributed by atoms with van der Waals surface area (Å²) in [6.45, 7) is 0.505. The summed E-state index contributed by atoms with van der Waals surface area (Å²) in [6.07, 6.45) is 6.35. The van der Waals surface area contributed by atoms with Crippen molar-refractivity contribution < 1.29 is 14.3 Å². The predicted octanol–water partition coefficient (Wildman–Crippen LogP) is 2.34. The molecule has 0 radical (unpaired) electrons. The minimum absolute atomic E-state index is 0.0372. The van der Waals surface area contributed by atoms with E-state index in [4.69, 9.17) is 15.2 Å². The highest BCUT2D eigenvalue weighted by atomic mass is 16.5. The maximum Gasteiger partial charge on any atom is 0.237 e. The Balaban J connectivity index is 1.50. The van der Waals surface area contributed by atoms with Crippen molar-refractivity contribution in [3.05, 3.63) is 48.3 Å². The Kier molecular flexibility index (Phi) is 5.45. The molecule has 7 nitrogen and oxygen atoms in total. The van der Waals surface area contributed by atoms with E-state index in [0.717, 1.165) is 30.6 Å². The molecule has 2 fully saturated rings. The lowest BCUT2D eigenvalue weighted by Gasteiger charge is -2.43. The van der Waals surface area contributed by atoms with Gasteiger partial charge >= 0.3 is 0 Å². The molecule has 0 spiro atoms. The average Bonchev–Trinajstić information content (AvgIpc) is 2.74. The third-order valence-corrected chi connectivity index (χ3v) is 5.87. The molecule has 4 atom stereocenters. The first kappa shape index (κ1) is 18.7. The summed E-state index contributed by atoms with van der Waals surface area (Å²) in [7, 11) is 1.63. The average molecular weight is 382 g/mol. The number of aromatic nitrogens is 1. The van der Waals surface area contributed by atoms with Crippen LogP contribution in [0.25, 0.3) is 0 Å². The lowest BCUT2D eigenvalue weighted by molar-refractivity contribution is -0.133. The Bertz CT molecular complexity index is 844. The van der Waals surface area contributed by atoms with Gasteiger partial charge < -0.3 is 15.2 Å². The minimum atomic E-state index is 0.0372. The van der Waals surface area contributed by atoms with Crippen LogP contribution in [0.2, 0.25) is 0 Å². The van der Waals surface area contributed by atoms with Gasteiger partial charge in [-0.2, -0.15) is 0 Å². The second-order valence-electron chi connectivity index (χ2n) is 7.49. The van der Waals surface area contributed by atoms with Crippen molar-refractivity contribution in [2.75, 3.05) is 13.7 Å². The van der Waals surface area contributed by atoms with Crippen LogP contribution in [-0.4, -0.2) is 30.6 Å². The Morgan fingerprint density at radius 3 is 2.86 bits per heavy atom. The predicted molar refractivity (Wildman–Crippen MR) is 105 cm³/mol. The van der Waals surface area contributed by atoms with Crippen LogP contribution in [0.3, 0.4) is 0 Å². The molecule has 2 aromatic rings. The SMILES string of the molecule is COc1cccc(Oc2cncc(C3CCC4C(=O)NNC(CN)C4C3)c2)c1. The summed E-state index contributed by atoms with van der Waals surface area (Å²) in [5, 5.41) is 0. The van der Waals surface area contributed by atoms with Crippen molar-refractivity contribution in [3.63, 3.8) is 0 Å². The number of ether oxygens (including phenoxy) is 2. The zero-order valence-electron chi connectivity index (χ0n) is 15.9. The third-order valence-electron chi connectivity index (χ3n) is 5.87. The van der Waals surface area contributed by atoms with Crippen molar-refractivity contribution in [2.45, 2.75) is 31.2 Å². The molecule has 1 aromatic heterocycles. The first-order valence-electron chi connectivity index (χ1n) is 9.70. The molecular weight excluding hydrogens is 356 g/mol. The highest BCUT2D eigenvalue weighted by Crippen LogP contribution is 2.42. The van der Waals surface area contributed by atoms with E-state index < -0.39 is 0 Å². The number of methoxy groups -OCH3 is 1. The van der Waals surface area contributed by atoms with E-state index >= 15 is 0 Å². The normalized spacial score (nSPS) is 26.9. The first-order chi connectivity index (χ1) is 13.7. The number of hydrazine groups is 1. The van der Waals surface area contributed by atoms with Crippen molar-refractivity contribution in [1.29, 1.82) is 0 Å². The summed E-state index contributed by atoms with van der Waals surface area (Å²) in [4.78, 5) is 16.6. The molecule has 1 saturated carbocycles. The molecule has 2 heterocycles. The molecule has 148 valence electrons. The Morgan fingerprint density at radius 2 is 2.04 bits per heavy atom. The van der Waals surface area contributed by atoms with Gasteiger partial charge in [0, 0.05) is 30.8 Å². The summed E-state index contributed by atoms with van der Waals surface area (Å²) in [6, 6.07) is 9.65. The standard InChI is InChI=1S/C21H26N4O3/c1-27-15-3-2-4-16(9-15)28-17-7-14(11-23-12-17)13-5-6-18-19(8-13)20(10-22)24-25-21(18)26/h2-4,7,9,11-13,18-20,24H,5-6,8,10,22H2,1H3,(H,25,26). The molecule has 1 saturated heterocycles. The summed E-state index contributed by atoms with van der Waals surface area (Å²) >= 11 is 0. The van der Waals surface area contributed by atoms with E-state index in [9.17, 15) is 4.79 Å². The monoisotopic (exact) mass is 382 g/mol. The number of nitrogens with one attached hydrogen (secondary N) is 2. The molecule has 1 aliphatic carbocycles. The number of rotatable bonds is 5. The van der Waals surface area contributed by atoms with Gasteiger partial charge in [0.15, 0.2) is 0 Å². The number of carbonyl (C=O) groups excluding carboxylic acids is 1. The van der Waals surface area contributed by atoms with E-state index in [-0.39, 0.29) is 23.8 Å². The lowest BCUT2D eigenvalue weighted by atomic mass is 9.68. The van der Waals surface area contributed by atoms with Crippen LogP contribution in [0.5, 0.6) is 17.2 Å². The van der Waals surface area contributed by atoms with Crippen molar-refractivity contribution in [1.82, 2.24) is 15.8 Å². The molecule has 28 heavy (non-hydrogen) atoms. The van der Waals surface area contributed by atoms with Gasteiger partial charge in [-0.3, -0.25) is 15.2 Å². The number of nitrogens with two attached hydrogens (primary N) is 1. The smallest absolute Gasteiger partial charge is 0.237 e. The summed E-state index contributed by atoms with van der Waals surface area (Å²) in [5.41, 5.74) is 12.9. The van der Waals surface area contributed by atoms with Crippen LogP contribution < -0.4 is 26.1 Å². The topological polar surface area (TPSA) is 98.5 Å². The van der Waals surface area contributed by atoms with Crippen molar-refractivity contribution >= 4 is 5.91 Å². The minimum Gasteiger partial charge on any atom is -0.497 e. The second-order valence-corrected chi connectivity index (χ2v) is 7.49. The second kappa shape index (κ2) is 8.16. The number of hydrogen-bond acceptors (Lipinski definition) is 6. The van der Waals surface area contributed by atoms with Gasteiger partial charge in [-0.25, -0.2) is 5.43 Å². The molecule has 4 rings (SSSR count). The van der Waals surface area contributed by atoms with E-state index in [0.29, 0.717) is 24.0 Å². The van der Waals surface area contributed by atoms with Crippen molar-refractivity contribution in [2.24, 2.45) is 17.6 Å². The zero-order chi connectivity index (χ0) is 19.5. The van der Waals surface area contributed by atoms with Crippen LogP contribution in [0.15, 0.2) is 42.7 Å². The number of pyridine rings is 1. The Labute approximate surface area is 164 Å². The molecule has 1 amide bonds. The highest BCUT2D eigenvalue weighted by molar-refractivity contribution is 5.79. The number of fused-ring (bicyclic) bond motifs is 1. The van der Waals surface area contributed by atoms with E-state index in [1.807, 2.05) is 36.5 Å². The maximum absolute atomic E-state index is 12.2. The fourth-order valence-electron chi connectivity index (χ4n) is 4.39. The first-order valence-corrected chi connectivity index (χ1v) is 9.70. The Morgan fingerprint density at radius 1 is 1.18 bits per heavy atom. The molecule has 2 aliphatic rings. The molecule has 1 aliphatic heterocycles. The fourth-order valence-corrected chi connectivity index (χ4v) is 4.39. The van der Waals surface area contributed by atoms with Crippen LogP contribution in [-0.2, 0) is 4.79 Å². The number of amides is 1. The zero-order valence-corrected chi connectivity index (χ0v) is 15.9. The molecule has 1 aromatic carbocycles. The molecule has 0 bridgehead atoms. The van der Waals surface area contributed by atoms with E-state index in [1.54, 1.807) is 13.3 Å². The van der Waals surface area contributed by atoms with Crippen LogP contribution in [0, 0.1) is 11.8 Å². The van der Waals surface area contributed by atoms with Crippen LogP contribution in [0.1, 0.15) is 30.7 Å². The number of benzene rings is 1. The number of nitrogens with zero attached hydrogens (tertiary/aromatic N) is 1. The summed E-state index contributed by atoms with van der Waals surface area (Å²) < 4.78 is 11.2. The summed E-state index contributed by atoms with van der Waals surface area (Å²) in [5.74, 6) is 2.85. The third kappa shape index (κ3) is 3.81. The van der Waals surface area contributed by atoms with Crippen LogP contribution in [0.4, 0.5) is 0 Å². The van der Waals surface area contributed by atoms with Gasteiger partial charge in [0.05, 0.1) is 13.3 Å². The highest BCUT2D eigenvalue weighted by Gasteiger charge is 2.42.